The summed E-state index contributed by atoms with van der Waals surface area (Å²) in [6, 6.07) is 9.98. The van der Waals surface area contributed by atoms with Gasteiger partial charge in [0.05, 0.1) is 11.3 Å². The Bertz CT molecular complexity index is 1350. The van der Waals surface area contributed by atoms with E-state index in [1.165, 1.54) is 12.3 Å². The molecule has 0 saturated carbocycles. The number of hydrogen-bond acceptors (Lipinski definition) is 7. The second-order valence-corrected chi connectivity index (χ2v) is 8.16. The standard InChI is InChI=1S/C23H19NO6S/c1-12-6-7-16-15(10-19(25)30-20(16)14(12)3)11-29-23(27)21-13(2)9-18(31-21)24-22(26)17-5-4-8-28-17/h4-10H,11H2,1-3H3,(H,24,26). The largest absolute Gasteiger partial charge is 0.459 e. The van der Waals surface area contributed by atoms with Gasteiger partial charge in [0.25, 0.3) is 5.91 Å². The number of anilines is 1. The molecule has 0 fully saturated rings. The predicted octanol–water partition coefficient (Wildman–Crippen LogP) is 4.98. The van der Waals surface area contributed by atoms with Gasteiger partial charge in [0.15, 0.2) is 5.76 Å². The van der Waals surface area contributed by atoms with E-state index in [9.17, 15) is 14.4 Å². The predicted molar refractivity (Wildman–Crippen MR) is 117 cm³/mol. The molecule has 158 valence electrons. The molecule has 0 spiro atoms. The maximum Gasteiger partial charge on any atom is 0.348 e. The molecule has 3 aromatic heterocycles. The minimum absolute atomic E-state index is 0.0745. The van der Waals surface area contributed by atoms with Gasteiger partial charge in [-0.25, -0.2) is 9.59 Å². The minimum Gasteiger partial charge on any atom is -0.459 e. The maximum atomic E-state index is 12.7. The van der Waals surface area contributed by atoms with Gasteiger partial charge in [-0.15, -0.1) is 11.3 Å². The number of amides is 1. The van der Waals surface area contributed by atoms with Crippen LogP contribution in [0.5, 0.6) is 0 Å². The number of thiophene rings is 1. The lowest BCUT2D eigenvalue weighted by atomic mass is 10.0. The van der Waals surface area contributed by atoms with E-state index in [-0.39, 0.29) is 12.4 Å². The third-order valence-corrected chi connectivity index (χ3v) is 6.09. The van der Waals surface area contributed by atoms with Crippen LogP contribution in [-0.4, -0.2) is 11.9 Å². The number of carbonyl (C=O) groups is 2. The summed E-state index contributed by atoms with van der Waals surface area (Å²) in [6.07, 6.45) is 1.41. The highest BCUT2D eigenvalue weighted by atomic mass is 32.1. The summed E-state index contributed by atoms with van der Waals surface area (Å²) in [7, 11) is 0. The normalized spacial score (nSPS) is 10.9. The molecule has 0 saturated heterocycles. The molecule has 31 heavy (non-hydrogen) atoms. The zero-order chi connectivity index (χ0) is 22.1. The number of rotatable bonds is 5. The second kappa shape index (κ2) is 8.23. The summed E-state index contributed by atoms with van der Waals surface area (Å²) >= 11 is 1.11. The van der Waals surface area contributed by atoms with Gasteiger partial charge < -0.3 is 18.9 Å². The molecular formula is C23H19NO6S. The maximum absolute atomic E-state index is 12.7. The van der Waals surface area contributed by atoms with Crippen LogP contribution in [0.4, 0.5) is 5.00 Å². The molecule has 4 aromatic rings. The van der Waals surface area contributed by atoms with Gasteiger partial charge >= 0.3 is 11.6 Å². The average Bonchev–Trinajstić information content (AvgIpc) is 3.39. The fraction of sp³-hybridized carbons (Fsp3) is 0.174. The van der Waals surface area contributed by atoms with Crippen LogP contribution in [0.3, 0.4) is 0 Å². The summed E-state index contributed by atoms with van der Waals surface area (Å²) in [4.78, 5) is 37.2. The Morgan fingerprint density at radius 2 is 1.90 bits per heavy atom. The number of benzene rings is 1. The van der Waals surface area contributed by atoms with Crippen molar-refractivity contribution in [3.8, 4) is 0 Å². The highest BCUT2D eigenvalue weighted by Gasteiger charge is 2.19. The number of esters is 1. The molecule has 0 atom stereocenters. The van der Waals surface area contributed by atoms with Crippen molar-refractivity contribution in [1.29, 1.82) is 0 Å². The summed E-state index contributed by atoms with van der Waals surface area (Å²) in [5.74, 6) is -0.763. The molecule has 1 amide bonds. The number of aryl methyl sites for hydroxylation is 3. The van der Waals surface area contributed by atoms with Gasteiger partial charge in [-0.05, 0) is 55.7 Å². The Hall–Kier alpha value is -3.65. The first-order chi connectivity index (χ1) is 14.8. The van der Waals surface area contributed by atoms with Crippen LogP contribution in [0.15, 0.2) is 56.3 Å². The highest BCUT2D eigenvalue weighted by molar-refractivity contribution is 7.18. The van der Waals surface area contributed by atoms with E-state index in [4.69, 9.17) is 13.6 Å². The Morgan fingerprint density at radius 3 is 2.65 bits per heavy atom. The van der Waals surface area contributed by atoms with Gasteiger partial charge in [-0.3, -0.25) is 4.79 Å². The van der Waals surface area contributed by atoms with Gasteiger partial charge in [0, 0.05) is 17.0 Å². The van der Waals surface area contributed by atoms with Crippen molar-refractivity contribution in [1.82, 2.24) is 0 Å². The molecule has 1 aromatic carbocycles. The SMILES string of the molecule is Cc1cc(NC(=O)c2ccco2)sc1C(=O)OCc1cc(=O)oc2c(C)c(C)ccc12. The van der Waals surface area contributed by atoms with Crippen LogP contribution in [0.25, 0.3) is 11.0 Å². The van der Waals surface area contributed by atoms with Gasteiger partial charge in [0.2, 0.25) is 0 Å². The van der Waals surface area contributed by atoms with Crippen LogP contribution in [0.2, 0.25) is 0 Å². The van der Waals surface area contributed by atoms with Crippen molar-refractivity contribution in [3.63, 3.8) is 0 Å². The molecule has 0 aliphatic rings. The average molecular weight is 437 g/mol. The fourth-order valence-corrected chi connectivity index (χ4v) is 4.14. The van der Waals surface area contributed by atoms with Crippen LogP contribution in [0, 0.1) is 20.8 Å². The summed E-state index contributed by atoms with van der Waals surface area (Å²) in [5.41, 5.74) is 3.12. The van der Waals surface area contributed by atoms with Crippen molar-refractivity contribution in [2.45, 2.75) is 27.4 Å². The third kappa shape index (κ3) is 4.15. The van der Waals surface area contributed by atoms with E-state index in [2.05, 4.69) is 5.32 Å². The van der Waals surface area contributed by atoms with Crippen molar-refractivity contribution < 1.29 is 23.2 Å². The number of hydrogen-bond donors (Lipinski definition) is 1. The number of nitrogens with one attached hydrogen (secondary N) is 1. The Morgan fingerprint density at radius 1 is 1.10 bits per heavy atom. The number of fused-ring (bicyclic) bond motifs is 1. The van der Waals surface area contributed by atoms with Gasteiger partial charge in [-0.2, -0.15) is 0 Å². The fourth-order valence-electron chi connectivity index (χ4n) is 3.18. The molecule has 3 heterocycles. The van der Waals surface area contributed by atoms with Crippen molar-refractivity contribution >= 4 is 39.2 Å². The Balaban J connectivity index is 1.52. The first-order valence-electron chi connectivity index (χ1n) is 9.49. The Labute approximate surface area is 181 Å². The minimum atomic E-state index is -0.536. The highest BCUT2D eigenvalue weighted by Crippen LogP contribution is 2.29. The number of furan rings is 1. The number of carbonyl (C=O) groups excluding carboxylic acids is 2. The molecule has 4 rings (SSSR count). The Kier molecular flexibility index (Phi) is 5.48. The van der Waals surface area contributed by atoms with Crippen molar-refractivity contribution in [2.75, 3.05) is 5.32 Å². The van der Waals surface area contributed by atoms with Crippen LogP contribution in [0.1, 0.15) is 42.5 Å². The van der Waals surface area contributed by atoms with Crippen molar-refractivity contribution in [3.05, 3.63) is 86.0 Å². The van der Waals surface area contributed by atoms with E-state index in [1.54, 1.807) is 25.1 Å². The van der Waals surface area contributed by atoms with Crippen LogP contribution >= 0.6 is 11.3 Å². The van der Waals surface area contributed by atoms with Gasteiger partial charge in [0.1, 0.15) is 17.1 Å². The van der Waals surface area contributed by atoms with E-state index < -0.39 is 17.5 Å². The lowest BCUT2D eigenvalue weighted by molar-refractivity contribution is 0.0478. The molecule has 0 aliphatic carbocycles. The summed E-state index contributed by atoms with van der Waals surface area (Å²) in [5, 5.41) is 3.93. The molecule has 7 nitrogen and oxygen atoms in total. The van der Waals surface area contributed by atoms with Crippen LogP contribution in [-0.2, 0) is 11.3 Å². The molecule has 0 radical (unpaired) electrons. The summed E-state index contributed by atoms with van der Waals surface area (Å²) in [6.45, 7) is 5.50. The third-order valence-electron chi connectivity index (χ3n) is 4.96. The van der Waals surface area contributed by atoms with Crippen molar-refractivity contribution in [2.24, 2.45) is 0 Å². The van der Waals surface area contributed by atoms with E-state index >= 15 is 0 Å². The molecule has 8 heteroatoms. The molecule has 0 aliphatic heterocycles. The van der Waals surface area contributed by atoms with E-state index in [0.717, 1.165) is 27.8 Å². The topological polar surface area (TPSA) is 98.8 Å². The monoisotopic (exact) mass is 437 g/mol. The lowest BCUT2D eigenvalue weighted by Gasteiger charge is -2.09. The quantitative estimate of drug-likeness (QED) is 0.349. The zero-order valence-electron chi connectivity index (χ0n) is 17.1. The summed E-state index contributed by atoms with van der Waals surface area (Å²) < 4.78 is 15.9. The number of ether oxygens (including phenoxy) is 1. The first kappa shape index (κ1) is 20.6. The van der Waals surface area contributed by atoms with E-state index in [1.807, 2.05) is 26.0 Å². The van der Waals surface area contributed by atoms with Gasteiger partial charge in [-0.1, -0.05) is 12.1 Å². The van der Waals surface area contributed by atoms with Crippen LogP contribution < -0.4 is 10.9 Å². The molecule has 1 N–H and O–H groups in total. The second-order valence-electron chi connectivity index (χ2n) is 7.11. The lowest BCUT2D eigenvalue weighted by Crippen LogP contribution is -2.09. The molecule has 0 unspecified atom stereocenters. The van der Waals surface area contributed by atoms with E-state index in [0.29, 0.717) is 26.6 Å². The first-order valence-corrected chi connectivity index (χ1v) is 10.3. The molecule has 0 bridgehead atoms. The zero-order valence-corrected chi connectivity index (χ0v) is 17.9. The molecular weight excluding hydrogens is 418 g/mol. The smallest absolute Gasteiger partial charge is 0.348 e.